The molecule has 2 N–H and O–H groups in total. The van der Waals surface area contributed by atoms with Crippen molar-refractivity contribution in [2.24, 2.45) is 0 Å². The van der Waals surface area contributed by atoms with E-state index in [-0.39, 0.29) is 0 Å². The molecule has 0 bridgehead atoms. The maximum absolute atomic E-state index is 9.18. The van der Waals surface area contributed by atoms with Gasteiger partial charge in [0.25, 0.3) is 0 Å². The zero-order chi connectivity index (χ0) is 13.2. The molecule has 3 rings (SSSR count). The van der Waals surface area contributed by atoms with Crippen LogP contribution in [-0.4, -0.2) is 43.5 Å². The van der Waals surface area contributed by atoms with Gasteiger partial charge in [0.05, 0.1) is 13.2 Å². The highest BCUT2D eigenvalue weighted by molar-refractivity contribution is 6.58. The number of hydrogen-bond acceptors (Lipinski definition) is 4. The number of nitrogens with zero attached hydrogens (tertiary/aromatic N) is 1. The molecule has 19 heavy (non-hydrogen) atoms. The fourth-order valence-corrected chi connectivity index (χ4v) is 2.43. The topological polar surface area (TPSA) is 52.9 Å². The molecule has 0 aromatic heterocycles. The fraction of sp³-hybridized carbons (Fsp3) is 0.286. The minimum absolute atomic E-state index is 0.520. The normalized spacial score (nSPS) is 15.8. The van der Waals surface area contributed by atoms with Crippen LogP contribution in [0.2, 0.25) is 0 Å². The third-order valence-corrected chi connectivity index (χ3v) is 3.52. The average Bonchev–Trinajstić information content (AvgIpc) is 2.47. The molecule has 0 spiro atoms. The summed E-state index contributed by atoms with van der Waals surface area (Å²) in [6.07, 6.45) is 0. The van der Waals surface area contributed by atoms with Gasteiger partial charge in [-0.15, -0.1) is 0 Å². The van der Waals surface area contributed by atoms with Crippen molar-refractivity contribution in [1.29, 1.82) is 0 Å². The van der Waals surface area contributed by atoms with Gasteiger partial charge in [-0.3, -0.25) is 0 Å². The first-order valence-corrected chi connectivity index (χ1v) is 6.46. The summed E-state index contributed by atoms with van der Waals surface area (Å²) in [5, 5.41) is 20.5. The second-order valence-corrected chi connectivity index (χ2v) is 4.76. The van der Waals surface area contributed by atoms with Crippen molar-refractivity contribution < 1.29 is 14.8 Å². The monoisotopic (exact) mass is 257 g/mol. The first-order chi connectivity index (χ1) is 9.24. The van der Waals surface area contributed by atoms with Crippen LogP contribution in [0.25, 0.3) is 10.8 Å². The molecule has 0 unspecified atom stereocenters. The van der Waals surface area contributed by atoms with Crippen LogP contribution in [0.3, 0.4) is 0 Å². The lowest BCUT2D eigenvalue weighted by Gasteiger charge is -2.29. The van der Waals surface area contributed by atoms with Gasteiger partial charge in [-0.2, -0.15) is 0 Å². The Hall–Kier alpha value is -1.56. The summed E-state index contributed by atoms with van der Waals surface area (Å²) in [6, 6.07) is 11.7. The lowest BCUT2D eigenvalue weighted by Crippen LogP contribution is -2.36. The minimum atomic E-state index is -1.41. The number of anilines is 1. The first-order valence-electron chi connectivity index (χ1n) is 6.46. The summed E-state index contributed by atoms with van der Waals surface area (Å²) in [6.45, 7) is 3.37. The predicted molar refractivity (Wildman–Crippen MR) is 76.8 cm³/mol. The third kappa shape index (κ3) is 2.58. The Balaban J connectivity index is 1.94. The molecule has 0 radical (unpaired) electrons. The fourth-order valence-electron chi connectivity index (χ4n) is 2.43. The van der Waals surface area contributed by atoms with Crippen molar-refractivity contribution >= 4 is 29.0 Å². The number of benzene rings is 2. The number of rotatable bonds is 2. The van der Waals surface area contributed by atoms with Crippen LogP contribution in [0.1, 0.15) is 0 Å². The van der Waals surface area contributed by atoms with Gasteiger partial charge in [0.1, 0.15) is 0 Å². The molecular weight excluding hydrogens is 241 g/mol. The van der Waals surface area contributed by atoms with E-state index in [1.807, 2.05) is 18.2 Å². The molecule has 0 aliphatic carbocycles. The molecule has 1 aliphatic heterocycles. The lowest BCUT2D eigenvalue weighted by atomic mass is 9.79. The van der Waals surface area contributed by atoms with Crippen LogP contribution >= 0.6 is 0 Å². The smallest absolute Gasteiger partial charge is 0.423 e. The summed E-state index contributed by atoms with van der Waals surface area (Å²) in [5.74, 6) is 0. The lowest BCUT2D eigenvalue weighted by molar-refractivity contribution is 0.122. The Morgan fingerprint density at radius 2 is 1.63 bits per heavy atom. The summed E-state index contributed by atoms with van der Waals surface area (Å²) >= 11 is 0. The van der Waals surface area contributed by atoms with Crippen LogP contribution in [0.15, 0.2) is 36.4 Å². The van der Waals surface area contributed by atoms with Crippen molar-refractivity contribution in [3.8, 4) is 0 Å². The van der Waals surface area contributed by atoms with Crippen molar-refractivity contribution in [2.45, 2.75) is 0 Å². The molecule has 1 saturated heterocycles. The first kappa shape index (κ1) is 12.5. The highest BCUT2D eigenvalue weighted by Crippen LogP contribution is 2.22. The molecule has 2 aromatic carbocycles. The molecule has 2 aromatic rings. The van der Waals surface area contributed by atoms with Crippen LogP contribution in [0, 0.1) is 0 Å². The third-order valence-electron chi connectivity index (χ3n) is 3.52. The second-order valence-electron chi connectivity index (χ2n) is 4.76. The Morgan fingerprint density at radius 3 is 2.37 bits per heavy atom. The van der Waals surface area contributed by atoms with E-state index in [0.717, 1.165) is 37.1 Å². The van der Waals surface area contributed by atoms with Crippen LogP contribution in [0.4, 0.5) is 5.69 Å². The molecule has 0 atom stereocenters. The largest absolute Gasteiger partial charge is 0.488 e. The van der Waals surface area contributed by atoms with Gasteiger partial charge in [0.2, 0.25) is 0 Å². The Labute approximate surface area is 112 Å². The molecule has 5 heteroatoms. The van der Waals surface area contributed by atoms with Crippen molar-refractivity contribution in [1.82, 2.24) is 0 Å². The Kier molecular flexibility index (Phi) is 3.42. The van der Waals surface area contributed by atoms with Gasteiger partial charge in [0, 0.05) is 18.8 Å². The van der Waals surface area contributed by atoms with Gasteiger partial charge >= 0.3 is 7.12 Å². The molecule has 4 nitrogen and oxygen atoms in total. The van der Waals surface area contributed by atoms with Crippen molar-refractivity contribution in [2.75, 3.05) is 31.2 Å². The zero-order valence-electron chi connectivity index (χ0n) is 10.6. The zero-order valence-corrected chi connectivity index (χ0v) is 10.6. The summed E-state index contributed by atoms with van der Waals surface area (Å²) in [4.78, 5) is 2.30. The van der Waals surface area contributed by atoms with Crippen LogP contribution < -0.4 is 10.4 Å². The average molecular weight is 257 g/mol. The number of ether oxygens (including phenoxy) is 1. The van der Waals surface area contributed by atoms with E-state index < -0.39 is 7.12 Å². The molecule has 1 heterocycles. The van der Waals surface area contributed by atoms with Crippen LogP contribution in [-0.2, 0) is 4.74 Å². The number of fused-ring (bicyclic) bond motifs is 1. The van der Waals surface area contributed by atoms with E-state index in [2.05, 4.69) is 17.0 Å². The van der Waals surface area contributed by atoms with Gasteiger partial charge in [-0.25, -0.2) is 0 Å². The highest BCUT2D eigenvalue weighted by Gasteiger charge is 2.13. The molecule has 1 fully saturated rings. The predicted octanol–water partition coefficient (Wildman–Crippen LogP) is 0.356. The molecule has 1 aliphatic rings. The second kappa shape index (κ2) is 5.21. The van der Waals surface area contributed by atoms with Crippen LogP contribution in [0.5, 0.6) is 0 Å². The Bertz CT molecular complexity index is 582. The number of morpholine rings is 1. The van der Waals surface area contributed by atoms with Gasteiger partial charge in [0.15, 0.2) is 0 Å². The minimum Gasteiger partial charge on any atom is -0.423 e. The van der Waals surface area contributed by atoms with E-state index in [4.69, 9.17) is 4.74 Å². The standard InChI is InChI=1S/C14H16BNO3/c17-15(18)13-3-1-12-10-14(4-2-11(12)9-13)16-5-7-19-8-6-16/h1-4,9-10,17-18H,5-8H2. The van der Waals surface area contributed by atoms with E-state index in [0.29, 0.717) is 5.46 Å². The summed E-state index contributed by atoms with van der Waals surface area (Å²) < 4.78 is 5.35. The summed E-state index contributed by atoms with van der Waals surface area (Å²) in [5.41, 5.74) is 1.71. The number of hydrogen-bond donors (Lipinski definition) is 2. The quantitative estimate of drug-likeness (QED) is 0.762. The molecule has 0 saturated carbocycles. The molecular formula is C14H16BNO3. The van der Waals surface area contributed by atoms with E-state index in [1.165, 1.54) is 5.69 Å². The highest BCUT2D eigenvalue weighted by atomic mass is 16.5. The van der Waals surface area contributed by atoms with Crippen molar-refractivity contribution in [3.05, 3.63) is 36.4 Å². The van der Waals surface area contributed by atoms with E-state index >= 15 is 0 Å². The van der Waals surface area contributed by atoms with Gasteiger partial charge in [-0.1, -0.05) is 24.3 Å². The van der Waals surface area contributed by atoms with Crippen molar-refractivity contribution in [3.63, 3.8) is 0 Å². The Morgan fingerprint density at radius 1 is 0.947 bits per heavy atom. The van der Waals surface area contributed by atoms with Gasteiger partial charge < -0.3 is 19.7 Å². The molecule has 98 valence electrons. The van der Waals surface area contributed by atoms with E-state index in [9.17, 15) is 10.0 Å². The molecule has 0 amide bonds. The SMILES string of the molecule is OB(O)c1ccc2cc(N3CCOCC3)ccc2c1. The van der Waals surface area contributed by atoms with E-state index in [1.54, 1.807) is 6.07 Å². The maximum Gasteiger partial charge on any atom is 0.488 e. The maximum atomic E-state index is 9.18. The van der Waals surface area contributed by atoms with Gasteiger partial charge in [-0.05, 0) is 28.4 Å². The summed E-state index contributed by atoms with van der Waals surface area (Å²) in [7, 11) is -1.41.